The maximum absolute atomic E-state index is 12.7. The number of aryl methyl sites for hydroxylation is 3. The molecule has 0 radical (unpaired) electrons. The van der Waals surface area contributed by atoms with Gasteiger partial charge in [0.2, 0.25) is 10.0 Å². The van der Waals surface area contributed by atoms with Crippen molar-refractivity contribution in [1.29, 1.82) is 0 Å². The maximum Gasteiger partial charge on any atom is 0.241 e. The van der Waals surface area contributed by atoms with E-state index in [0.717, 1.165) is 29.5 Å². The van der Waals surface area contributed by atoms with E-state index in [-0.39, 0.29) is 6.04 Å². The number of hydrogen-bond acceptors (Lipinski definition) is 2. The fourth-order valence-corrected chi connectivity index (χ4v) is 4.51. The van der Waals surface area contributed by atoms with Crippen molar-refractivity contribution in [1.82, 2.24) is 4.72 Å². The fraction of sp³-hybridized carbons (Fsp3) is 0.294. The van der Waals surface area contributed by atoms with Crippen molar-refractivity contribution in [3.63, 3.8) is 0 Å². The summed E-state index contributed by atoms with van der Waals surface area (Å²) in [6.45, 7) is 3.74. The average molecular weight is 301 g/mol. The van der Waals surface area contributed by atoms with Gasteiger partial charge in [0.05, 0.1) is 4.90 Å². The fourth-order valence-electron chi connectivity index (χ4n) is 2.93. The van der Waals surface area contributed by atoms with Gasteiger partial charge in [-0.15, -0.1) is 0 Å². The third-order valence-corrected chi connectivity index (χ3v) is 5.68. The van der Waals surface area contributed by atoms with Gasteiger partial charge in [0.1, 0.15) is 0 Å². The average Bonchev–Trinajstić information content (AvgIpc) is 2.84. The minimum Gasteiger partial charge on any atom is -0.207 e. The topological polar surface area (TPSA) is 46.2 Å². The number of sulfonamides is 1. The number of hydrogen-bond donors (Lipinski definition) is 1. The van der Waals surface area contributed by atoms with Gasteiger partial charge < -0.3 is 0 Å². The highest BCUT2D eigenvalue weighted by Gasteiger charge is 2.27. The first-order valence-corrected chi connectivity index (χ1v) is 8.63. The Kier molecular flexibility index (Phi) is 3.59. The Hall–Kier alpha value is -1.65. The van der Waals surface area contributed by atoms with E-state index in [1.807, 2.05) is 44.2 Å². The number of fused-ring (bicyclic) bond motifs is 1. The summed E-state index contributed by atoms with van der Waals surface area (Å²) in [5, 5.41) is 0. The lowest BCUT2D eigenvalue weighted by atomic mass is 10.1. The normalized spacial score (nSPS) is 17.7. The minimum absolute atomic E-state index is 0.119. The van der Waals surface area contributed by atoms with Gasteiger partial charge in [0.15, 0.2) is 0 Å². The molecular weight excluding hydrogens is 282 g/mol. The van der Waals surface area contributed by atoms with Crippen molar-refractivity contribution in [2.75, 3.05) is 0 Å². The zero-order valence-electron chi connectivity index (χ0n) is 12.3. The Labute approximate surface area is 126 Å². The molecule has 0 heterocycles. The monoisotopic (exact) mass is 301 g/mol. The first-order valence-electron chi connectivity index (χ1n) is 7.15. The van der Waals surface area contributed by atoms with Crippen molar-refractivity contribution in [3.8, 4) is 0 Å². The quantitative estimate of drug-likeness (QED) is 0.945. The summed E-state index contributed by atoms with van der Waals surface area (Å²) in [4.78, 5) is 0.381. The van der Waals surface area contributed by atoms with Crippen LogP contribution in [0.4, 0.5) is 0 Å². The Balaban J connectivity index is 1.93. The van der Waals surface area contributed by atoms with Gasteiger partial charge in [0.25, 0.3) is 0 Å². The van der Waals surface area contributed by atoms with Gasteiger partial charge in [-0.3, -0.25) is 0 Å². The van der Waals surface area contributed by atoms with Crippen LogP contribution in [0.3, 0.4) is 0 Å². The molecule has 2 aromatic carbocycles. The van der Waals surface area contributed by atoms with E-state index in [2.05, 4.69) is 10.8 Å². The van der Waals surface area contributed by atoms with Crippen LogP contribution in [-0.2, 0) is 16.4 Å². The molecule has 0 spiro atoms. The lowest BCUT2D eigenvalue weighted by Gasteiger charge is -2.16. The van der Waals surface area contributed by atoms with Gasteiger partial charge in [0, 0.05) is 6.04 Å². The molecule has 3 rings (SSSR count). The molecule has 0 bridgehead atoms. The van der Waals surface area contributed by atoms with Crippen LogP contribution in [0, 0.1) is 13.8 Å². The molecule has 1 aliphatic rings. The molecular formula is C17H19NO2S. The molecule has 110 valence electrons. The Morgan fingerprint density at radius 1 is 1.10 bits per heavy atom. The van der Waals surface area contributed by atoms with Crippen LogP contribution in [0.2, 0.25) is 0 Å². The molecule has 0 unspecified atom stereocenters. The summed E-state index contributed by atoms with van der Waals surface area (Å²) in [5.41, 5.74) is 4.07. The summed E-state index contributed by atoms with van der Waals surface area (Å²) in [5.74, 6) is 0. The minimum atomic E-state index is -3.49. The third-order valence-electron chi connectivity index (χ3n) is 4.06. The molecule has 0 amide bonds. The van der Waals surface area contributed by atoms with Gasteiger partial charge in [-0.1, -0.05) is 36.4 Å². The van der Waals surface area contributed by atoms with Crippen molar-refractivity contribution in [2.24, 2.45) is 0 Å². The molecule has 0 saturated heterocycles. The lowest BCUT2D eigenvalue weighted by molar-refractivity contribution is 0.554. The molecule has 0 saturated carbocycles. The van der Waals surface area contributed by atoms with Gasteiger partial charge in [-0.25, -0.2) is 13.1 Å². The molecule has 1 aliphatic carbocycles. The molecule has 3 nitrogen and oxygen atoms in total. The molecule has 0 aromatic heterocycles. The SMILES string of the molecule is Cc1ccc(C)c(S(=O)(=O)N[C@H]2CCc3ccccc32)c1. The number of nitrogens with one attached hydrogen (secondary N) is 1. The van der Waals surface area contributed by atoms with Gasteiger partial charge in [-0.2, -0.15) is 0 Å². The van der Waals surface area contributed by atoms with E-state index >= 15 is 0 Å². The molecule has 2 aromatic rings. The largest absolute Gasteiger partial charge is 0.241 e. The van der Waals surface area contributed by atoms with Crippen LogP contribution in [0.25, 0.3) is 0 Å². The van der Waals surface area contributed by atoms with Crippen LogP contribution in [0.15, 0.2) is 47.4 Å². The third kappa shape index (κ3) is 2.74. The smallest absolute Gasteiger partial charge is 0.207 e. The first-order chi connectivity index (χ1) is 9.97. The molecule has 0 aliphatic heterocycles. The lowest BCUT2D eigenvalue weighted by Crippen LogP contribution is -2.28. The van der Waals surface area contributed by atoms with Crippen LogP contribution < -0.4 is 4.72 Å². The summed E-state index contributed by atoms with van der Waals surface area (Å²) >= 11 is 0. The van der Waals surface area contributed by atoms with E-state index in [0.29, 0.717) is 4.90 Å². The van der Waals surface area contributed by atoms with Crippen LogP contribution in [0.1, 0.15) is 34.7 Å². The summed E-state index contributed by atoms with van der Waals surface area (Å²) < 4.78 is 28.2. The molecule has 21 heavy (non-hydrogen) atoms. The van der Waals surface area contributed by atoms with Gasteiger partial charge in [-0.05, 0) is 55.0 Å². The highest BCUT2D eigenvalue weighted by molar-refractivity contribution is 7.89. The van der Waals surface area contributed by atoms with E-state index in [1.165, 1.54) is 5.56 Å². The Morgan fingerprint density at radius 3 is 2.67 bits per heavy atom. The van der Waals surface area contributed by atoms with Crippen molar-refractivity contribution >= 4 is 10.0 Å². The molecule has 1 N–H and O–H groups in total. The van der Waals surface area contributed by atoms with E-state index < -0.39 is 10.0 Å². The zero-order chi connectivity index (χ0) is 15.0. The van der Waals surface area contributed by atoms with Crippen molar-refractivity contribution < 1.29 is 8.42 Å². The Bertz CT molecular complexity index is 781. The Morgan fingerprint density at radius 2 is 1.86 bits per heavy atom. The summed E-state index contributed by atoms with van der Waals surface area (Å²) in [6.07, 6.45) is 1.75. The van der Waals surface area contributed by atoms with E-state index in [9.17, 15) is 8.42 Å². The van der Waals surface area contributed by atoms with Crippen molar-refractivity contribution in [2.45, 2.75) is 37.6 Å². The molecule has 1 atom stereocenters. The highest BCUT2D eigenvalue weighted by atomic mass is 32.2. The second-order valence-corrected chi connectivity index (χ2v) is 7.36. The van der Waals surface area contributed by atoms with Crippen molar-refractivity contribution in [3.05, 3.63) is 64.7 Å². The van der Waals surface area contributed by atoms with Gasteiger partial charge >= 0.3 is 0 Å². The molecule has 0 fully saturated rings. The summed E-state index contributed by atoms with van der Waals surface area (Å²) in [6, 6.07) is 13.4. The second kappa shape index (κ2) is 5.28. The maximum atomic E-state index is 12.7. The molecule has 4 heteroatoms. The van der Waals surface area contributed by atoms with E-state index in [1.54, 1.807) is 6.07 Å². The number of rotatable bonds is 3. The first kappa shape index (κ1) is 14.3. The number of benzene rings is 2. The predicted octanol–water partition coefficient (Wildman–Crippen LogP) is 3.27. The van der Waals surface area contributed by atoms with Crippen LogP contribution >= 0.6 is 0 Å². The predicted molar refractivity (Wildman–Crippen MR) is 83.7 cm³/mol. The summed E-state index contributed by atoms with van der Waals surface area (Å²) in [7, 11) is -3.49. The van der Waals surface area contributed by atoms with E-state index in [4.69, 9.17) is 0 Å². The van der Waals surface area contributed by atoms with Crippen LogP contribution in [0.5, 0.6) is 0 Å². The highest BCUT2D eigenvalue weighted by Crippen LogP contribution is 2.32. The van der Waals surface area contributed by atoms with Crippen LogP contribution in [-0.4, -0.2) is 8.42 Å². The second-order valence-electron chi connectivity index (χ2n) is 5.68. The zero-order valence-corrected chi connectivity index (χ0v) is 13.1. The standard InChI is InChI=1S/C17H19NO2S/c1-12-7-8-13(2)17(11-12)21(19,20)18-16-10-9-14-5-3-4-6-15(14)16/h3-8,11,16,18H,9-10H2,1-2H3/t16-/m0/s1.